The average Bonchev–Trinajstić information content (AvgIpc) is 3.15. The minimum atomic E-state index is 0.353. The van der Waals surface area contributed by atoms with Crippen LogP contribution in [0.25, 0.3) is 0 Å². The highest BCUT2D eigenvalue weighted by atomic mass is 16.2. The number of hydrogen-bond acceptors (Lipinski definition) is 3. The third-order valence-corrected chi connectivity index (χ3v) is 5.94. The summed E-state index contributed by atoms with van der Waals surface area (Å²) in [5, 5.41) is 3.46. The van der Waals surface area contributed by atoms with Gasteiger partial charge in [0.15, 0.2) is 0 Å². The quantitative estimate of drug-likeness (QED) is 0.921. The molecular weight excluding hydrogens is 286 g/mol. The Bertz CT molecular complexity index is 539. The van der Waals surface area contributed by atoms with Crippen LogP contribution in [0.1, 0.15) is 37.2 Å². The Kier molecular flexibility index (Phi) is 4.36. The molecule has 3 saturated heterocycles. The van der Waals surface area contributed by atoms with Crippen molar-refractivity contribution in [2.45, 2.75) is 43.7 Å². The number of carbonyl (C=O) groups is 1. The van der Waals surface area contributed by atoms with Gasteiger partial charge in [-0.05, 0) is 50.4 Å². The number of rotatable bonds is 4. The van der Waals surface area contributed by atoms with Gasteiger partial charge in [0.25, 0.3) is 0 Å². The number of piperidine rings is 1. The Hall–Kier alpha value is -1.39. The first-order valence-corrected chi connectivity index (χ1v) is 9.11. The van der Waals surface area contributed by atoms with Crippen molar-refractivity contribution in [2.75, 3.05) is 32.7 Å². The topological polar surface area (TPSA) is 35.6 Å². The summed E-state index contributed by atoms with van der Waals surface area (Å²) in [5.41, 5.74) is 1.49. The van der Waals surface area contributed by atoms with E-state index < -0.39 is 0 Å². The standard InChI is InChI=1S/C19H27N3O/c23-19-14-17-18(6-9-20-17)22(19)13-12-21-10-7-16(8-11-21)15-4-2-1-3-5-15/h1-5,16-18,20H,6-14H2/t17-,18-/m1/s1. The molecule has 1 aromatic carbocycles. The van der Waals surface area contributed by atoms with Crippen molar-refractivity contribution >= 4 is 5.91 Å². The number of carbonyl (C=O) groups excluding carboxylic acids is 1. The number of likely N-dealkylation sites (tertiary alicyclic amines) is 2. The molecular formula is C19H27N3O. The largest absolute Gasteiger partial charge is 0.337 e. The number of hydrogen-bond donors (Lipinski definition) is 1. The second-order valence-electron chi connectivity index (χ2n) is 7.23. The Morgan fingerprint density at radius 2 is 1.83 bits per heavy atom. The molecule has 1 aromatic rings. The maximum absolute atomic E-state index is 12.2. The maximum Gasteiger partial charge on any atom is 0.224 e. The van der Waals surface area contributed by atoms with Crippen LogP contribution < -0.4 is 5.32 Å². The molecule has 124 valence electrons. The van der Waals surface area contributed by atoms with Crippen LogP contribution in [0.2, 0.25) is 0 Å². The molecule has 0 radical (unpaired) electrons. The predicted octanol–water partition coefficient (Wildman–Crippen LogP) is 1.83. The van der Waals surface area contributed by atoms with Gasteiger partial charge in [-0.2, -0.15) is 0 Å². The summed E-state index contributed by atoms with van der Waals surface area (Å²) in [5.74, 6) is 1.07. The summed E-state index contributed by atoms with van der Waals surface area (Å²) in [4.78, 5) is 16.9. The van der Waals surface area contributed by atoms with Gasteiger partial charge in [-0.1, -0.05) is 30.3 Å². The van der Waals surface area contributed by atoms with Crippen molar-refractivity contribution in [3.8, 4) is 0 Å². The molecule has 1 N–H and O–H groups in total. The summed E-state index contributed by atoms with van der Waals surface area (Å²) in [6.07, 6.45) is 4.32. The van der Waals surface area contributed by atoms with Gasteiger partial charge in [0, 0.05) is 31.6 Å². The molecule has 0 bridgehead atoms. The molecule has 0 aromatic heterocycles. The molecule has 1 amide bonds. The zero-order valence-electron chi connectivity index (χ0n) is 13.8. The van der Waals surface area contributed by atoms with Crippen molar-refractivity contribution < 1.29 is 4.79 Å². The lowest BCUT2D eigenvalue weighted by Gasteiger charge is -2.34. The Morgan fingerprint density at radius 3 is 2.61 bits per heavy atom. The third kappa shape index (κ3) is 3.15. The summed E-state index contributed by atoms with van der Waals surface area (Å²) in [6, 6.07) is 11.8. The molecule has 3 fully saturated rings. The summed E-state index contributed by atoms with van der Waals surface area (Å²) >= 11 is 0. The highest BCUT2D eigenvalue weighted by molar-refractivity contribution is 5.80. The van der Waals surface area contributed by atoms with E-state index in [4.69, 9.17) is 0 Å². The van der Waals surface area contributed by atoms with Gasteiger partial charge >= 0.3 is 0 Å². The summed E-state index contributed by atoms with van der Waals surface area (Å²) < 4.78 is 0. The first-order valence-electron chi connectivity index (χ1n) is 9.11. The zero-order chi connectivity index (χ0) is 15.6. The van der Waals surface area contributed by atoms with E-state index >= 15 is 0 Å². The van der Waals surface area contributed by atoms with E-state index in [9.17, 15) is 4.79 Å². The van der Waals surface area contributed by atoms with Gasteiger partial charge in [-0.15, -0.1) is 0 Å². The summed E-state index contributed by atoms with van der Waals surface area (Å²) in [6.45, 7) is 5.34. The number of fused-ring (bicyclic) bond motifs is 1. The minimum Gasteiger partial charge on any atom is -0.337 e. The Morgan fingerprint density at radius 1 is 1.04 bits per heavy atom. The van der Waals surface area contributed by atoms with E-state index in [0.29, 0.717) is 30.3 Å². The Labute approximate surface area is 138 Å². The second-order valence-corrected chi connectivity index (χ2v) is 7.23. The first kappa shape index (κ1) is 15.2. The van der Waals surface area contributed by atoms with Gasteiger partial charge in [0.2, 0.25) is 5.91 Å². The number of benzene rings is 1. The molecule has 3 aliphatic heterocycles. The molecule has 0 aliphatic carbocycles. The highest BCUT2D eigenvalue weighted by Crippen LogP contribution is 2.29. The molecule has 3 heterocycles. The lowest BCUT2D eigenvalue weighted by molar-refractivity contribution is -0.129. The van der Waals surface area contributed by atoms with E-state index in [2.05, 4.69) is 45.4 Å². The SMILES string of the molecule is O=C1C[C@H]2NCC[C@H]2N1CCN1CCC(c2ccccc2)CC1. The van der Waals surface area contributed by atoms with E-state index in [-0.39, 0.29) is 0 Å². The zero-order valence-corrected chi connectivity index (χ0v) is 13.8. The molecule has 4 nitrogen and oxygen atoms in total. The fourth-order valence-electron chi connectivity index (χ4n) is 4.58. The molecule has 4 heteroatoms. The molecule has 0 spiro atoms. The molecule has 2 atom stereocenters. The predicted molar refractivity (Wildman–Crippen MR) is 91.4 cm³/mol. The van der Waals surface area contributed by atoms with E-state index in [1.54, 1.807) is 0 Å². The third-order valence-electron chi connectivity index (χ3n) is 5.94. The maximum atomic E-state index is 12.2. The minimum absolute atomic E-state index is 0.353. The molecule has 23 heavy (non-hydrogen) atoms. The molecule has 3 aliphatic rings. The van der Waals surface area contributed by atoms with Crippen LogP contribution in [0.3, 0.4) is 0 Å². The van der Waals surface area contributed by atoms with Crippen molar-refractivity contribution in [3.63, 3.8) is 0 Å². The monoisotopic (exact) mass is 313 g/mol. The lowest BCUT2D eigenvalue weighted by Crippen LogP contribution is -2.43. The first-order chi connectivity index (χ1) is 11.3. The van der Waals surface area contributed by atoms with Crippen molar-refractivity contribution in [1.29, 1.82) is 0 Å². The fraction of sp³-hybridized carbons (Fsp3) is 0.632. The average molecular weight is 313 g/mol. The van der Waals surface area contributed by atoms with Crippen LogP contribution in [0.5, 0.6) is 0 Å². The van der Waals surface area contributed by atoms with E-state index in [0.717, 1.165) is 39.1 Å². The number of nitrogens with zero attached hydrogens (tertiary/aromatic N) is 2. The molecule has 0 saturated carbocycles. The summed E-state index contributed by atoms with van der Waals surface area (Å²) in [7, 11) is 0. The van der Waals surface area contributed by atoms with Gasteiger partial charge in [-0.25, -0.2) is 0 Å². The van der Waals surface area contributed by atoms with Gasteiger partial charge in [0.1, 0.15) is 0 Å². The van der Waals surface area contributed by atoms with Gasteiger partial charge in [-0.3, -0.25) is 4.79 Å². The van der Waals surface area contributed by atoms with Crippen LogP contribution in [0, 0.1) is 0 Å². The lowest BCUT2D eigenvalue weighted by atomic mass is 9.89. The second kappa shape index (κ2) is 6.62. The van der Waals surface area contributed by atoms with E-state index in [1.807, 2.05) is 0 Å². The smallest absolute Gasteiger partial charge is 0.224 e. The Balaban J connectivity index is 1.26. The van der Waals surface area contributed by atoms with Crippen LogP contribution in [0.4, 0.5) is 0 Å². The van der Waals surface area contributed by atoms with E-state index in [1.165, 1.54) is 18.4 Å². The van der Waals surface area contributed by atoms with Crippen LogP contribution in [-0.2, 0) is 4.79 Å². The van der Waals surface area contributed by atoms with Crippen molar-refractivity contribution in [3.05, 3.63) is 35.9 Å². The van der Waals surface area contributed by atoms with Gasteiger partial charge in [0.05, 0.1) is 0 Å². The van der Waals surface area contributed by atoms with Crippen LogP contribution >= 0.6 is 0 Å². The molecule has 4 rings (SSSR count). The normalized spacial score (nSPS) is 29.2. The van der Waals surface area contributed by atoms with Crippen molar-refractivity contribution in [1.82, 2.24) is 15.1 Å². The van der Waals surface area contributed by atoms with Crippen molar-refractivity contribution in [2.24, 2.45) is 0 Å². The number of nitrogens with one attached hydrogen (secondary N) is 1. The van der Waals surface area contributed by atoms with Crippen LogP contribution in [0.15, 0.2) is 30.3 Å². The number of amides is 1. The fourth-order valence-corrected chi connectivity index (χ4v) is 4.58. The molecule has 0 unspecified atom stereocenters. The van der Waals surface area contributed by atoms with Gasteiger partial charge < -0.3 is 15.1 Å². The highest BCUT2D eigenvalue weighted by Gasteiger charge is 2.42. The van der Waals surface area contributed by atoms with Crippen LogP contribution in [-0.4, -0.2) is 60.5 Å².